The number of carbonyl (C=O) groups excluding carboxylic acids is 2. The van der Waals surface area contributed by atoms with Crippen LogP contribution in [-0.4, -0.2) is 62.1 Å². The Morgan fingerprint density at radius 3 is 2.43 bits per heavy atom. The summed E-state index contributed by atoms with van der Waals surface area (Å²) in [7, 11) is 0. The summed E-state index contributed by atoms with van der Waals surface area (Å²) in [4.78, 5) is 27.2. The van der Waals surface area contributed by atoms with E-state index in [0.717, 1.165) is 67.9 Å². The van der Waals surface area contributed by atoms with E-state index in [-0.39, 0.29) is 36.2 Å². The summed E-state index contributed by atoms with van der Waals surface area (Å²) in [5.41, 5.74) is 13.6. The number of ether oxygens (including phenoxy) is 1. The first-order valence-corrected chi connectivity index (χ1v) is 18.3. The number of allylic oxidation sites excluding steroid dienone is 1. The van der Waals surface area contributed by atoms with E-state index >= 15 is 0 Å². The number of nitrogens with two attached hydrogens (primary N) is 2. The number of esters is 1. The standard InChI is InChI=1S/C37H66N4O3/c1-26(2)7-6-8-27(3)31-11-12-32-30-10-9-28-25-29(15-17-36(28,4)33(30)16-18-37(31,32)5)44-35(43)14-13-34(42)40-21-24-41(22-19-38)23-20-39/h9,26-27,29-33H,6-8,10-25,38-39H2,1-5H3,(H,40,42). The SMILES string of the molecule is CC(C)CCCC(C)C1CCC2C3CC=C4CC(OC(=O)CCC(=O)NCCN(CCN)CCN)CCC4(C)C3CCC12C. The van der Waals surface area contributed by atoms with Gasteiger partial charge in [-0.15, -0.1) is 0 Å². The fraction of sp³-hybridized carbons (Fsp3) is 0.892. The maximum absolute atomic E-state index is 12.7. The molecule has 44 heavy (non-hydrogen) atoms. The molecule has 1 amide bonds. The molecule has 8 atom stereocenters. The van der Waals surface area contributed by atoms with Crippen LogP contribution in [0, 0.1) is 46.3 Å². The fourth-order valence-corrected chi connectivity index (χ4v) is 10.4. The number of carbonyl (C=O) groups is 2. The van der Waals surface area contributed by atoms with Gasteiger partial charge in [0.1, 0.15) is 6.10 Å². The third-order valence-corrected chi connectivity index (χ3v) is 12.8. The Bertz CT molecular complexity index is 978. The Morgan fingerprint density at radius 2 is 1.73 bits per heavy atom. The van der Waals surface area contributed by atoms with Crippen LogP contribution < -0.4 is 16.8 Å². The lowest BCUT2D eigenvalue weighted by Gasteiger charge is -2.58. The van der Waals surface area contributed by atoms with Crippen LogP contribution in [0.2, 0.25) is 0 Å². The van der Waals surface area contributed by atoms with Gasteiger partial charge in [-0.25, -0.2) is 0 Å². The molecule has 7 nitrogen and oxygen atoms in total. The summed E-state index contributed by atoms with van der Waals surface area (Å²) in [6.45, 7) is 16.4. The Balaban J connectivity index is 1.25. The van der Waals surface area contributed by atoms with E-state index in [1.54, 1.807) is 5.57 Å². The van der Waals surface area contributed by atoms with Crippen LogP contribution in [0.5, 0.6) is 0 Å². The predicted octanol–water partition coefficient (Wildman–Crippen LogP) is 6.06. The molecule has 3 fully saturated rings. The van der Waals surface area contributed by atoms with Crippen molar-refractivity contribution < 1.29 is 14.3 Å². The Morgan fingerprint density at radius 1 is 0.977 bits per heavy atom. The molecule has 4 rings (SSSR count). The number of hydrogen-bond donors (Lipinski definition) is 3. The molecular weight excluding hydrogens is 548 g/mol. The molecule has 252 valence electrons. The molecule has 7 heteroatoms. The maximum Gasteiger partial charge on any atom is 0.306 e. The van der Waals surface area contributed by atoms with E-state index in [4.69, 9.17) is 16.2 Å². The van der Waals surface area contributed by atoms with Crippen LogP contribution in [0.15, 0.2) is 11.6 Å². The average Bonchev–Trinajstić information content (AvgIpc) is 3.33. The summed E-state index contributed by atoms with van der Waals surface area (Å²) in [6, 6.07) is 0. The van der Waals surface area contributed by atoms with Crippen molar-refractivity contribution in [2.24, 2.45) is 57.8 Å². The lowest BCUT2D eigenvalue weighted by atomic mass is 9.47. The topological polar surface area (TPSA) is 111 Å². The second-order valence-corrected chi connectivity index (χ2v) is 15.9. The molecule has 0 radical (unpaired) electrons. The molecule has 4 aliphatic carbocycles. The second-order valence-electron chi connectivity index (χ2n) is 15.9. The highest BCUT2D eigenvalue weighted by Crippen LogP contribution is 2.67. The van der Waals surface area contributed by atoms with E-state index in [2.05, 4.69) is 50.9 Å². The molecule has 0 saturated heterocycles. The van der Waals surface area contributed by atoms with Crippen molar-refractivity contribution in [2.45, 2.75) is 124 Å². The van der Waals surface area contributed by atoms with Crippen molar-refractivity contribution in [2.75, 3.05) is 39.3 Å². The third-order valence-electron chi connectivity index (χ3n) is 12.8. The number of fused-ring (bicyclic) bond motifs is 5. The summed E-state index contributed by atoms with van der Waals surface area (Å²) in [5, 5.41) is 2.92. The molecule has 0 aliphatic heterocycles. The van der Waals surface area contributed by atoms with Crippen molar-refractivity contribution in [3.05, 3.63) is 11.6 Å². The minimum absolute atomic E-state index is 0.0565. The minimum Gasteiger partial charge on any atom is -0.462 e. The van der Waals surface area contributed by atoms with Crippen LogP contribution in [0.25, 0.3) is 0 Å². The smallest absolute Gasteiger partial charge is 0.306 e. The normalized spacial score (nSPS) is 33.8. The minimum atomic E-state index is -0.246. The summed E-state index contributed by atoms with van der Waals surface area (Å²) >= 11 is 0. The largest absolute Gasteiger partial charge is 0.462 e. The molecule has 0 aromatic rings. The fourth-order valence-electron chi connectivity index (χ4n) is 10.4. The second kappa shape index (κ2) is 15.9. The van der Waals surface area contributed by atoms with E-state index in [0.29, 0.717) is 31.6 Å². The lowest BCUT2D eigenvalue weighted by Crippen LogP contribution is -2.51. The zero-order valence-electron chi connectivity index (χ0n) is 28.9. The Hall–Kier alpha value is -1.44. The van der Waals surface area contributed by atoms with Crippen LogP contribution in [-0.2, 0) is 14.3 Å². The molecule has 0 spiro atoms. The van der Waals surface area contributed by atoms with Gasteiger partial charge in [0.15, 0.2) is 0 Å². The first-order chi connectivity index (χ1) is 21.0. The van der Waals surface area contributed by atoms with E-state index in [1.165, 1.54) is 51.4 Å². The van der Waals surface area contributed by atoms with Gasteiger partial charge in [-0.05, 0) is 91.3 Å². The number of hydrogen-bond acceptors (Lipinski definition) is 6. The highest BCUT2D eigenvalue weighted by Gasteiger charge is 2.59. The van der Waals surface area contributed by atoms with Crippen molar-refractivity contribution in [1.29, 1.82) is 0 Å². The van der Waals surface area contributed by atoms with Gasteiger partial charge in [0.05, 0.1) is 6.42 Å². The van der Waals surface area contributed by atoms with Gasteiger partial charge in [-0.3, -0.25) is 14.5 Å². The molecule has 0 aromatic heterocycles. The molecular formula is C37H66N4O3. The molecule has 0 bridgehead atoms. The lowest BCUT2D eigenvalue weighted by molar-refractivity contribution is -0.152. The number of rotatable bonds is 16. The summed E-state index contributed by atoms with van der Waals surface area (Å²) in [5.74, 6) is 4.63. The van der Waals surface area contributed by atoms with Crippen molar-refractivity contribution in [3.8, 4) is 0 Å². The Kier molecular flexibility index (Phi) is 12.8. The number of nitrogens with zero attached hydrogens (tertiary/aromatic N) is 1. The summed E-state index contributed by atoms with van der Waals surface area (Å²) in [6.07, 6.45) is 16.7. The first kappa shape index (κ1) is 35.4. The number of amides is 1. The monoisotopic (exact) mass is 615 g/mol. The van der Waals surface area contributed by atoms with Crippen molar-refractivity contribution >= 4 is 11.9 Å². The molecule has 0 aromatic carbocycles. The Labute approximate surface area is 269 Å². The molecule has 5 N–H and O–H groups in total. The van der Waals surface area contributed by atoms with Crippen molar-refractivity contribution in [1.82, 2.24) is 10.2 Å². The van der Waals surface area contributed by atoms with Crippen LogP contribution in [0.4, 0.5) is 0 Å². The highest BCUT2D eigenvalue weighted by molar-refractivity contribution is 5.81. The van der Waals surface area contributed by atoms with Gasteiger partial charge in [-0.1, -0.05) is 65.5 Å². The summed E-state index contributed by atoms with van der Waals surface area (Å²) < 4.78 is 5.96. The van der Waals surface area contributed by atoms with E-state index < -0.39 is 0 Å². The zero-order chi connectivity index (χ0) is 31.9. The van der Waals surface area contributed by atoms with Crippen LogP contribution in [0.1, 0.15) is 118 Å². The van der Waals surface area contributed by atoms with Gasteiger partial charge in [-0.2, -0.15) is 0 Å². The highest BCUT2D eigenvalue weighted by atomic mass is 16.5. The van der Waals surface area contributed by atoms with Crippen LogP contribution in [0.3, 0.4) is 0 Å². The third kappa shape index (κ3) is 8.28. The molecule has 4 aliphatic rings. The van der Waals surface area contributed by atoms with Crippen molar-refractivity contribution in [3.63, 3.8) is 0 Å². The van der Waals surface area contributed by atoms with E-state index in [9.17, 15) is 9.59 Å². The first-order valence-electron chi connectivity index (χ1n) is 18.3. The van der Waals surface area contributed by atoms with Gasteiger partial charge >= 0.3 is 5.97 Å². The predicted molar refractivity (Wildman–Crippen MR) is 180 cm³/mol. The van der Waals surface area contributed by atoms with Gasteiger partial charge in [0.25, 0.3) is 0 Å². The zero-order valence-corrected chi connectivity index (χ0v) is 28.9. The molecule has 3 saturated carbocycles. The maximum atomic E-state index is 12.7. The van der Waals surface area contributed by atoms with Gasteiger partial charge in [0, 0.05) is 52.1 Å². The van der Waals surface area contributed by atoms with E-state index in [1.807, 2.05) is 0 Å². The van der Waals surface area contributed by atoms with Crippen LogP contribution >= 0.6 is 0 Å². The quantitative estimate of drug-likeness (QED) is 0.144. The molecule has 8 unspecified atom stereocenters. The van der Waals surface area contributed by atoms with Gasteiger partial charge < -0.3 is 21.5 Å². The molecule has 0 heterocycles. The van der Waals surface area contributed by atoms with Gasteiger partial charge in [0.2, 0.25) is 5.91 Å². The number of nitrogens with one attached hydrogen (secondary N) is 1. The average molecular weight is 615 g/mol.